The fourth-order valence-corrected chi connectivity index (χ4v) is 7.73. The number of amides is 2. The maximum atomic E-state index is 13.5. The summed E-state index contributed by atoms with van der Waals surface area (Å²) >= 11 is 1.65. The van der Waals surface area contributed by atoms with Crippen LogP contribution < -0.4 is 21.1 Å². The van der Waals surface area contributed by atoms with Crippen LogP contribution in [0.15, 0.2) is 9.42 Å². The summed E-state index contributed by atoms with van der Waals surface area (Å²) in [5, 5.41) is 10.8. The molecule has 1 aromatic rings. The summed E-state index contributed by atoms with van der Waals surface area (Å²) in [6.07, 6.45) is 14.4. The first-order chi connectivity index (χ1) is 18.3. The molecule has 4 rings (SSSR count). The fraction of sp³-hybridized carbons (Fsp3) is 0.828. The number of thioether (sulfide) groups is 1. The standard InChI is InChI=1S/C29H48N4O4S/c1-19(22-16-20-9-7-10-21(15-20)17-22)32-26(34)24-25(38-23-11-5-4-6-12-23)27(33-37-24)36-18-29(2,3)28(35)31-14-8-13-30/h19-23H,4-18,30H2,1-3H3,(H,31,35)(H,32,34). The Morgan fingerprint density at radius 2 is 1.82 bits per heavy atom. The van der Waals surface area contributed by atoms with E-state index in [9.17, 15) is 9.59 Å². The molecular weight excluding hydrogens is 500 g/mol. The first kappa shape index (κ1) is 29.2. The predicted molar refractivity (Wildman–Crippen MR) is 150 cm³/mol. The summed E-state index contributed by atoms with van der Waals surface area (Å²) < 4.78 is 11.7. The van der Waals surface area contributed by atoms with E-state index in [0.717, 1.165) is 31.1 Å². The van der Waals surface area contributed by atoms with Crippen LogP contribution in [0.1, 0.15) is 108 Å². The smallest absolute Gasteiger partial charge is 0.291 e. The first-order valence-electron chi connectivity index (χ1n) is 14.8. The van der Waals surface area contributed by atoms with Gasteiger partial charge in [0.15, 0.2) is 0 Å². The van der Waals surface area contributed by atoms with Crippen LogP contribution in [0, 0.1) is 23.2 Å². The highest BCUT2D eigenvalue weighted by Crippen LogP contribution is 2.44. The van der Waals surface area contributed by atoms with Gasteiger partial charge in [0, 0.05) is 17.8 Å². The van der Waals surface area contributed by atoms with Gasteiger partial charge in [-0.1, -0.05) is 38.5 Å². The Bertz CT molecular complexity index is 918. The molecule has 2 bridgehead atoms. The van der Waals surface area contributed by atoms with Gasteiger partial charge in [-0.3, -0.25) is 9.59 Å². The van der Waals surface area contributed by atoms with Crippen molar-refractivity contribution >= 4 is 23.6 Å². The van der Waals surface area contributed by atoms with Crippen LogP contribution in [0.5, 0.6) is 5.88 Å². The highest BCUT2D eigenvalue weighted by molar-refractivity contribution is 8.00. The fourth-order valence-electron chi connectivity index (χ4n) is 6.40. The van der Waals surface area contributed by atoms with E-state index in [1.807, 2.05) is 13.8 Å². The van der Waals surface area contributed by atoms with Crippen LogP contribution in [0.3, 0.4) is 0 Å². The monoisotopic (exact) mass is 548 g/mol. The molecule has 0 saturated heterocycles. The molecule has 3 aliphatic rings. The van der Waals surface area contributed by atoms with Gasteiger partial charge in [0.2, 0.25) is 11.7 Å². The van der Waals surface area contributed by atoms with Crippen LogP contribution in [-0.2, 0) is 4.79 Å². The van der Waals surface area contributed by atoms with Gasteiger partial charge in [-0.15, -0.1) is 11.8 Å². The van der Waals surface area contributed by atoms with Crippen LogP contribution in [-0.4, -0.2) is 48.0 Å². The van der Waals surface area contributed by atoms with Crippen molar-refractivity contribution in [2.75, 3.05) is 19.7 Å². The van der Waals surface area contributed by atoms with Gasteiger partial charge in [-0.05, 0) is 88.8 Å². The number of nitrogens with two attached hydrogens (primary N) is 1. The van der Waals surface area contributed by atoms with E-state index in [-0.39, 0.29) is 30.2 Å². The summed E-state index contributed by atoms with van der Waals surface area (Å²) in [5.74, 6) is 2.37. The minimum atomic E-state index is -0.768. The molecule has 0 aliphatic heterocycles. The Morgan fingerprint density at radius 1 is 1.11 bits per heavy atom. The van der Waals surface area contributed by atoms with Crippen LogP contribution in [0.4, 0.5) is 0 Å². The summed E-state index contributed by atoms with van der Waals surface area (Å²) in [7, 11) is 0. The highest BCUT2D eigenvalue weighted by Gasteiger charge is 2.36. The van der Waals surface area contributed by atoms with E-state index < -0.39 is 5.41 Å². The SMILES string of the molecule is CC(NC(=O)c1onc(OCC(C)(C)C(=O)NCCCN)c1SC1CCCCC1)C1CC2CCCC(C2)C1. The zero-order valence-corrected chi connectivity index (χ0v) is 24.4. The van der Waals surface area contributed by atoms with Crippen molar-refractivity contribution < 1.29 is 18.8 Å². The Labute approximate surface area is 232 Å². The number of carbonyl (C=O) groups excluding carboxylic acids is 2. The third-order valence-electron chi connectivity index (χ3n) is 8.74. The number of rotatable bonds is 12. The van der Waals surface area contributed by atoms with E-state index >= 15 is 0 Å². The van der Waals surface area contributed by atoms with Crippen LogP contribution in [0.2, 0.25) is 0 Å². The van der Waals surface area contributed by atoms with Crippen LogP contribution in [0.25, 0.3) is 0 Å². The molecule has 214 valence electrons. The second kappa shape index (κ2) is 13.6. The number of hydrogen-bond donors (Lipinski definition) is 3. The molecule has 3 aliphatic carbocycles. The van der Waals surface area contributed by atoms with Gasteiger partial charge in [-0.2, -0.15) is 0 Å². The second-order valence-electron chi connectivity index (χ2n) is 12.5. The number of nitrogens with one attached hydrogen (secondary N) is 2. The topological polar surface area (TPSA) is 119 Å². The van der Waals surface area contributed by atoms with Gasteiger partial charge in [0.25, 0.3) is 11.8 Å². The van der Waals surface area contributed by atoms with Crippen molar-refractivity contribution in [3.63, 3.8) is 0 Å². The molecule has 4 N–H and O–H groups in total. The number of fused-ring (bicyclic) bond motifs is 2. The van der Waals surface area contributed by atoms with Crippen molar-refractivity contribution in [3.8, 4) is 5.88 Å². The molecule has 1 aromatic heterocycles. The number of aromatic nitrogens is 1. The Kier molecular flexibility index (Phi) is 10.4. The number of carbonyl (C=O) groups is 2. The average molecular weight is 549 g/mol. The molecule has 1 heterocycles. The Morgan fingerprint density at radius 3 is 2.50 bits per heavy atom. The minimum absolute atomic E-state index is 0.0871. The Hall–Kier alpha value is -1.74. The van der Waals surface area contributed by atoms with Crippen LogP contribution >= 0.6 is 11.8 Å². The molecule has 8 nitrogen and oxygen atoms in total. The zero-order valence-electron chi connectivity index (χ0n) is 23.6. The summed E-state index contributed by atoms with van der Waals surface area (Å²) in [4.78, 5) is 26.8. The van der Waals surface area contributed by atoms with Crippen molar-refractivity contribution in [3.05, 3.63) is 5.76 Å². The lowest BCUT2D eigenvalue weighted by atomic mass is 9.66. The molecule has 2 amide bonds. The van der Waals surface area contributed by atoms with Gasteiger partial charge < -0.3 is 25.6 Å². The largest absolute Gasteiger partial charge is 0.474 e. The van der Waals surface area contributed by atoms with Crippen molar-refractivity contribution in [2.24, 2.45) is 28.9 Å². The lowest BCUT2D eigenvalue weighted by Gasteiger charge is -2.41. The third kappa shape index (κ3) is 7.68. The number of ether oxygens (including phenoxy) is 1. The zero-order chi connectivity index (χ0) is 27.1. The predicted octanol–water partition coefficient (Wildman–Crippen LogP) is 5.30. The molecule has 0 spiro atoms. The molecule has 3 unspecified atom stereocenters. The van der Waals surface area contributed by atoms with Crippen molar-refractivity contribution in [1.29, 1.82) is 0 Å². The molecule has 3 atom stereocenters. The quantitative estimate of drug-likeness (QED) is 0.303. The molecule has 0 radical (unpaired) electrons. The molecule has 3 fully saturated rings. The van der Waals surface area contributed by atoms with Gasteiger partial charge in [-0.25, -0.2) is 0 Å². The normalized spacial score (nSPS) is 25.0. The highest BCUT2D eigenvalue weighted by atomic mass is 32.2. The lowest BCUT2D eigenvalue weighted by molar-refractivity contribution is -0.130. The molecule has 0 aromatic carbocycles. The second-order valence-corrected chi connectivity index (χ2v) is 13.8. The summed E-state index contributed by atoms with van der Waals surface area (Å²) in [6, 6.07) is 0.0871. The van der Waals surface area contributed by atoms with E-state index in [2.05, 4.69) is 22.7 Å². The number of hydrogen-bond acceptors (Lipinski definition) is 7. The van der Waals surface area contributed by atoms with E-state index in [0.29, 0.717) is 35.0 Å². The average Bonchev–Trinajstić information content (AvgIpc) is 3.30. The third-order valence-corrected chi connectivity index (χ3v) is 10.1. The molecule has 3 saturated carbocycles. The van der Waals surface area contributed by atoms with Crippen molar-refractivity contribution in [1.82, 2.24) is 15.8 Å². The maximum Gasteiger partial charge on any atom is 0.291 e. The van der Waals surface area contributed by atoms with Crippen molar-refractivity contribution in [2.45, 2.75) is 114 Å². The lowest BCUT2D eigenvalue weighted by Crippen LogP contribution is -2.42. The van der Waals surface area contributed by atoms with E-state index in [1.165, 1.54) is 57.8 Å². The minimum Gasteiger partial charge on any atom is -0.474 e. The molecular formula is C29H48N4O4S. The van der Waals surface area contributed by atoms with Gasteiger partial charge in [0.05, 0.1) is 5.41 Å². The summed E-state index contributed by atoms with van der Waals surface area (Å²) in [5.41, 5.74) is 4.77. The Balaban J connectivity index is 1.43. The first-order valence-corrected chi connectivity index (χ1v) is 15.7. The number of nitrogens with zero attached hydrogens (tertiary/aromatic N) is 1. The molecule has 9 heteroatoms. The molecule has 38 heavy (non-hydrogen) atoms. The summed E-state index contributed by atoms with van der Waals surface area (Å²) in [6.45, 7) is 7.02. The van der Waals surface area contributed by atoms with Gasteiger partial charge >= 0.3 is 0 Å². The van der Waals surface area contributed by atoms with E-state index in [4.69, 9.17) is 15.0 Å². The van der Waals surface area contributed by atoms with Gasteiger partial charge in [0.1, 0.15) is 11.5 Å². The maximum absolute atomic E-state index is 13.5. The van der Waals surface area contributed by atoms with E-state index in [1.54, 1.807) is 11.8 Å².